The van der Waals surface area contributed by atoms with Crippen LogP contribution in [-0.4, -0.2) is 39.3 Å². The number of pyridine rings is 1. The third-order valence-corrected chi connectivity index (χ3v) is 5.01. The van der Waals surface area contributed by atoms with E-state index in [-0.39, 0.29) is 6.10 Å². The number of aromatic nitrogens is 3. The molecule has 3 rings (SSSR count). The van der Waals surface area contributed by atoms with Crippen molar-refractivity contribution in [3.8, 4) is 0 Å². The summed E-state index contributed by atoms with van der Waals surface area (Å²) in [6, 6.07) is 2.09. The van der Waals surface area contributed by atoms with Crippen molar-refractivity contribution >= 4 is 16.9 Å². The maximum absolute atomic E-state index is 10.4. The molecule has 5 heteroatoms. The van der Waals surface area contributed by atoms with Gasteiger partial charge in [0.2, 0.25) is 0 Å². The van der Waals surface area contributed by atoms with Gasteiger partial charge in [-0.15, -0.1) is 0 Å². The quantitative estimate of drug-likeness (QED) is 0.933. The maximum Gasteiger partial charge on any atom is 0.165 e. The lowest BCUT2D eigenvalue weighted by Crippen LogP contribution is -2.38. The fourth-order valence-electron chi connectivity index (χ4n) is 3.80. The van der Waals surface area contributed by atoms with E-state index < -0.39 is 0 Å². The van der Waals surface area contributed by atoms with Gasteiger partial charge in [-0.2, -0.15) is 0 Å². The number of rotatable bonds is 4. The van der Waals surface area contributed by atoms with Gasteiger partial charge in [-0.25, -0.2) is 15.0 Å². The van der Waals surface area contributed by atoms with Crippen molar-refractivity contribution in [3.63, 3.8) is 0 Å². The molecule has 0 aliphatic carbocycles. The van der Waals surface area contributed by atoms with Gasteiger partial charge in [0, 0.05) is 18.8 Å². The second-order valence-electron chi connectivity index (χ2n) is 7.50. The smallest absolute Gasteiger partial charge is 0.165 e. The van der Waals surface area contributed by atoms with E-state index in [1.165, 1.54) is 5.56 Å². The number of fused-ring (bicyclic) bond motifs is 1. The van der Waals surface area contributed by atoms with Crippen molar-refractivity contribution in [1.82, 2.24) is 15.0 Å². The number of nitrogens with zero attached hydrogens (tertiary/aromatic N) is 4. The minimum atomic E-state index is -0.180. The van der Waals surface area contributed by atoms with Crippen LogP contribution in [-0.2, 0) is 0 Å². The molecule has 24 heavy (non-hydrogen) atoms. The lowest BCUT2D eigenvalue weighted by molar-refractivity contribution is 0.0734. The molecular formula is C19H28N4O. The average Bonchev–Trinajstić information content (AvgIpc) is 2.53. The number of piperidine rings is 1. The fraction of sp³-hybridized carbons (Fsp3) is 0.632. The Kier molecular flexibility index (Phi) is 4.99. The van der Waals surface area contributed by atoms with E-state index in [1.807, 2.05) is 6.92 Å². The molecule has 1 aliphatic rings. The second-order valence-corrected chi connectivity index (χ2v) is 7.50. The molecule has 0 saturated carbocycles. The van der Waals surface area contributed by atoms with Gasteiger partial charge in [0.25, 0.3) is 0 Å². The van der Waals surface area contributed by atoms with Gasteiger partial charge in [0.1, 0.15) is 12.1 Å². The van der Waals surface area contributed by atoms with Crippen LogP contribution >= 0.6 is 0 Å². The predicted molar refractivity (Wildman–Crippen MR) is 97.2 cm³/mol. The van der Waals surface area contributed by atoms with Crippen LogP contribution in [0.2, 0.25) is 0 Å². The van der Waals surface area contributed by atoms with E-state index >= 15 is 0 Å². The summed E-state index contributed by atoms with van der Waals surface area (Å²) in [4.78, 5) is 15.8. The third kappa shape index (κ3) is 3.51. The summed E-state index contributed by atoms with van der Waals surface area (Å²) in [5.41, 5.74) is 2.94. The second kappa shape index (κ2) is 7.01. The predicted octanol–water partition coefficient (Wildman–Crippen LogP) is 3.27. The molecule has 0 unspecified atom stereocenters. The molecule has 0 radical (unpaired) electrons. The minimum Gasteiger partial charge on any atom is -0.393 e. The zero-order valence-electron chi connectivity index (χ0n) is 15.2. The Bertz CT molecular complexity index is 708. The number of anilines is 1. The number of aliphatic hydroxyl groups is 1. The van der Waals surface area contributed by atoms with E-state index in [4.69, 9.17) is 0 Å². The fourth-order valence-corrected chi connectivity index (χ4v) is 3.80. The zero-order chi connectivity index (χ0) is 17.3. The summed E-state index contributed by atoms with van der Waals surface area (Å²) in [6.45, 7) is 10.3. The SMILES string of the molecule is Cc1cc(C)c2c(N3CCC([C@@H](O)CC(C)C)CC3)ncnc2n1. The van der Waals surface area contributed by atoms with Crippen LogP contribution in [0.3, 0.4) is 0 Å². The summed E-state index contributed by atoms with van der Waals surface area (Å²) in [5, 5.41) is 11.5. The topological polar surface area (TPSA) is 62.1 Å². The van der Waals surface area contributed by atoms with Crippen LogP contribution in [0.4, 0.5) is 5.82 Å². The molecule has 1 fully saturated rings. The summed E-state index contributed by atoms with van der Waals surface area (Å²) >= 11 is 0. The summed E-state index contributed by atoms with van der Waals surface area (Å²) < 4.78 is 0. The highest BCUT2D eigenvalue weighted by Gasteiger charge is 2.27. The first-order valence-corrected chi connectivity index (χ1v) is 8.97. The maximum atomic E-state index is 10.4. The highest BCUT2D eigenvalue weighted by molar-refractivity contribution is 5.90. The Balaban J connectivity index is 1.79. The van der Waals surface area contributed by atoms with Crippen LogP contribution in [0.1, 0.15) is 44.4 Å². The van der Waals surface area contributed by atoms with Crippen molar-refractivity contribution < 1.29 is 5.11 Å². The number of hydrogen-bond acceptors (Lipinski definition) is 5. The molecule has 1 N–H and O–H groups in total. The van der Waals surface area contributed by atoms with Crippen molar-refractivity contribution in [1.29, 1.82) is 0 Å². The Hall–Kier alpha value is -1.75. The molecule has 0 bridgehead atoms. The lowest BCUT2D eigenvalue weighted by Gasteiger charge is -2.35. The molecule has 2 aromatic heterocycles. The molecule has 2 aromatic rings. The van der Waals surface area contributed by atoms with Gasteiger partial charge in [0.05, 0.1) is 11.5 Å². The largest absolute Gasteiger partial charge is 0.393 e. The standard InChI is InChI=1S/C19H28N4O/c1-12(2)9-16(24)15-5-7-23(8-6-15)19-17-13(3)10-14(4)22-18(17)20-11-21-19/h10-12,15-16,24H,5-9H2,1-4H3/t16-/m0/s1. The van der Waals surface area contributed by atoms with Gasteiger partial charge in [-0.3, -0.25) is 0 Å². The molecule has 5 nitrogen and oxygen atoms in total. The number of aryl methyl sites for hydroxylation is 2. The minimum absolute atomic E-state index is 0.180. The van der Waals surface area contributed by atoms with Gasteiger partial charge in [-0.05, 0) is 56.6 Å². The van der Waals surface area contributed by atoms with E-state index in [9.17, 15) is 5.11 Å². The third-order valence-electron chi connectivity index (χ3n) is 5.01. The van der Waals surface area contributed by atoms with Crippen LogP contribution < -0.4 is 4.90 Å². The summed E-state index contributed by atoms with van der Waals surface area (Å²) in [7, 11) is 0. The molecule has 130 valence electrons. The average molecular weight is 328 g/mol. The van der Waals surface area contributed by atoms with Crippen molar-refractivity contribution in [2.24, 2.45) is 11.8 Å². The lowest BCUT2D eigenvalue weighted by atomic mass is 9.87. The molecule has 1 saturated heterocycles. The Morgan fingerprint density at radius 1 is 1.21 bits per heavy atom. The van der Waals surface area contributed by atoms with E-state index in [0.29, 0.717) is 11.8 Å². The number of aliphatic hydroxyl groups excluding tert-OH is 1. The highest BCUT2D eigenvalue weighted by Crippen LogP contribution is 2.31. The van der Waals surface area contributed by atoms with Crippen LogP contribution in [0, 0.1) is 25.7 Å². The molecule has 0 aromatic carbocycles. The molecule has 0 spiro atoms. The van der Waals surface area contributed by atoms with Gasteiger partial charge in [-0.1, -0.05) is 13.8 Å². The van der Waals surface area contributed by atoms with Gasteiger partial charge in [0.15, 0.2) is 5.65 Å². The first kappa shape index (κ1) is 17.1. The van der Waals surface area contributed by atoms with E-state index in [0.717, 1.165) is 54.9 Å². The first-order chi connectivity index (χ1) is 11.5. The normalized spacial score (nSPS) is 17.7. The van der Waals surface area contributed by atoms with E-state index in [2.05, 4.69) is 46.7 Å². The van der Waals surface area contributed by atoms with Crippen LogP contribution in [0.15, 0.2) is 12.4 Å². The van der Waals surface area contributed by atoms with Crippen molar-refractivity contribution in [3.05, 3.63) is 23.7 Å². The molecule has 1 aliphatic heterocycles. The summed E-state index contributed by atoms with van der Waals surface area (Å²) in [6.07, 6.45) is 4.35. The van der Waals surface area contributed by atoms with Crippen molar-refractivity contribution in [2.75, 3.05) is 18.0 Å². The molecule has 1 atom stereocenters. The van der Waals surface area contributed by atoms with Gasteiger partial charge < -0.3 is 10.0 Å². The molecule has 0 amide bonds. The van der Waals surface area contributed by atoms with Crippen molar-refractivity contribution in [2.45, 2.75) is 53.1 Å². The van der Waals surface area contributed by atoms with E-state index in [1.54, 1.807) is 6.33 Å². The highest BCUT2D eigenvalue weighted by atomic mass is 16.3. The molecule has 3 heterocycles. The Labute approximate surface area is 144 Å². The first-order valence-electron chi connectivity index (χ1n) is 8.97. The molecular weight excluding hydrogens is 300 g/mol. The monoisotopic (exact) mass is 328 g/mol. The zero-order valence-corrected chi connectivity index (χ0v) is 15.2. The Morgan fingerprint density at radius 3 is 2.58 bits per heavy atom. The number of hydrogen-bond donors (Lipinski definition) is 1. The van der Waals surface area contributed by atoms with Gasteiger partial charge >= 0.3 is 0 Å². The van der Waals surface area contributed by atoms with Crippen LogP contribution in [0.25, 0.3) is 11.0 Å². The summed E-state index contributed by atoms with van der Waals surface area (Å²) in [5.74, 6) is 1.93. The van der Waals surface area contributed by atoms with Crippen LogP contribution in [0.5, 0.6) is 0 Å². The Morgan fingerprint density at radius 2 is 1.92 bits per heavy atom.